The van der Waals surface area contributed by atoms with Crippen LogP contribution in [0.1, 0.15) is 22.9 Å². The van der Waals surface area contributed by atoms with Crippen LogP contribution in [0.25, 0.3) is 0 Å². The second-order valence-corrected chi connectivity index (χ2v) is 5.08. The zero-order valence-corrected chi connectivity index (χ0v) is 12.1. The molecule has 1 N–H and O–H groups in total. The molecular formula is C13H15BrFN3. The highest BCUT2D eigenvalue weighted by Gasteiger charge is 2.20. The summed E-state index contributed by atoms with van der Waals surface area (Å²) in [6.07, 6.45) is 1.83. The van der Waals surface area contributed by atoms with Crippen LogP contribution >= 0.6 is 15.9 Å². The van der Waals surface area contributed by atoms with Gasteiger partial charge in [-0.15, -0.1) is 0 Å². The fourth-order valence-electron chi connectivity index (χ4n) is 2.15. The van der Waals surface area contributed by atoms with Gasteiger partial charge in [-0.2, -0.15) is 5.10 Å². The van der Waals surface area contributed by atoms with Crippen LogP contribution in [0, 0.1) is 12.7 Å². The minimum absolute atomic E-state index is 0.0209. The van der Waals surface area contributed by atoms with E-state index in [9.17, 15) is 4.39 Å². The second kappa shape index (κ2) is 5.20. The third-order valence-electron chi connectivity index (χ3n) is 3.01. The zero-order valence-electron chi connectivity index (χ0n) is 10.5. The molecule has 1 aromatic carbocycles. The summed E-state index contributed by atoms with van der Waals surface area (Å²) < 4.78 is 15.7. The van der Waals surface area contributed by atoms with Gasteiger partial charge >= 0.3 is 0 Å². The van der Waals surface area contributed by atoms with Crippen molar-refractivity contribution in [1.82, 2.24) is 15.1 Å². The van der Waals surface area contributed by atoms with Crippen molar-refractivity contribution in [3.63, 3.8) is 0 Å². The molecule has 0 amide bonds. The van der Waals surface area contributed by atoms with E-state index in [1.165, 1.54) is 12.1 Å². The summed E-state index contributed by atoms with van der Waals surface area (Å²) >= 11 is 3.41. The van der Waals surface area contributed by atoms with Gasteiger partial charge in [-0.3, -0.25) is 4.68 Å². The van der Waals surface area contributed by atoms with E-state index in [4.69, 9.17) is 0 Å². The van der Waals surface area contributed by atoms with Crippen molar-refractivity contribution in [1.29, 1.82) is 0 Å². The van der Waals surface area contributed by atoms with Crippen molar-refractivity contribution in [3.05, 3.63) is 51.5 Å². The summed E-state index contributed by atoms with van der Waals surface area (Å²) in [4.78, 5) is 0. The molecule has 1 heterocycles. The summed E-state index contributed by atoms with van der Waals surface area (Å²) in [6.45, 7) is 2.02. The number of aromatic nitrogens is 2. The van der Waals surface area contributed by atoms with Crippen LogP contribution in [0.4, 0.5) is 4.39 Å². The highest BCUT2D eigenvalue weighted by molar-refractivity contribution is 9.10. The summed E-state index contributed by atoms with van der Waals surface area (Å²) in [5.41, 5.74) is 3.17. The topological polar surface area (TPSA) is 29.9 Å². The van der Waals surface area contributed by atoms with Gasteiger partial charge in [-0.05, 0) is 37.2 Å². The van der Waals surface area contributed by atoms with Crippen LogP contribution in [0.15, 0.2) is 28.9 Å². The molecule has 2 aromatic rings. The summed E-state index contributed by atoms with van der Waals surface area (Å²) in [6, 6.07) is 4.71. The molecule has 0 bridgehead atoms. The van der Waals surface area contributed by atoms with Gasteiger partial charge in [0.25, 0.3) is 0 Å². The molecule has 0 aliphatic rings. The first-order valence-electron chi connectivity index (χ1n) is 5.65. The van der Waals surface area contributed by atoms with Crippen LogP contribution in [0.2, 0.25) is 0 Å². The standard InChI is InChI=1S/C13H15BrFN3/c1-8-7-17-18(3)13(8)12(16-2)10-5-4-9(15)6-11(10)14/h4-7,12,16H,1-3H3. The van der Waals surface area contributed by atoms with E-state index in [0.717, 1.165) is 21.3 Å². The third kappa shape index (κ3) is 2.33. The quantitative estimate of drug-likeness (QED) is 0.944. The molecule has 0 radical (unpaired) electrons. The average molecular weight is 312 g/mol. The Morgan fingerprint density at radius 1 is 1.44 bits per heavy atom. The summed E-state index contributed by atoms with van der Waals surface area (Å²) in [7, 11) is 3.79. The van der Waals surface area contributed by atoms with Gasteiger partial charge in [-0.1, -0.05) is 22.0 Å². The van der Waals surface area contributed by atoms with Crippen molar-refractivity contribution in [2.24, 2.45) is 7.05 Å². The van der Waals surface area contributed by atoms with E-state index in [-0.39, 0.29) is 11.9 Å². The monoisotopic (exact) mass is 311 g/mol. The predicted molar refractivity (Wildman–Crippen MR) is 72.9 cm³/mol. The summed E-state index contributed by atoms with van der Waals surface area (Å²) in [5, 5.41) is 7.49. The van der Waals surface area contributed by atoms with E-state index in [1.807, 2.05) is 31.9 Å². The van der Waals surface area contributed by atoms with Crippen molar-refractivity contribution in [2.75, 3.05) is 7.05 Å². The first-order chi connectivity index (χ1) is 8.54. The molecule has 0 fully saturated rings. The lowest BCUT2D eigenvalue weighted by atomic mass is 10.0. The lowest BCUT2D eigenvalue weighted by molar-refractivity contribution is 0.595. The number of rotatable bonds is 3. The van der Waals surface area contributed by atoms with Gasteiger partial charge in [0, 0.05) is 11.5 Å². The predicted octanol–water partition coefficient (Wildman–Crippen LogP) is 2.94. The zero-order chi connectivity index (χ0) is 13.3. The maximum absolute atomic E-state index is 13.1. The maximum Gasteiger partial charge on any atom is 0.124 e. The normalized spacial score (nSPS) is 12.7. The first kappa shape index (κ1) is 13.2. The molecule has 0 spiro atoms. The lowest BCUT2D eigenvalue weighted by Gasteiger charge is -2.19. The second-order valence-electron chi connectivity index (χ2n) is 4.22. The highest BCUT2D eigenvalue weighted by atomic mass is 79.9. The number of nitrogens with one attached hydrogen (secondary N) is 1. The Morgan fingerprint density at radius 3 is 2.67 bits per heavy atom. The smallest absolute Gasteiger partial charge is 0.124 e. The van der Waals surface area contributed by atoms with Gasteiger partial charge in [0.05, 0.1) is 17.9 Å². The van der Waals surface area contributed by atoms with E-state index >= 15 is 0 Å². The minimum Gasteiger partial charge on any atom is -0.308 e. The molecule has 96 valence electrons. The summed E-state index contributed by atoms with van der Waals surface area (Å²) in [5.74, 6) is -0.248. The van der Waals surface area contributed by atoms with Crippen LogP contribution in [-0.4, -0.2) is 16.8 Å². The average Bonchev–Trinajstić information content (AvgIpc) is 2.64. The van der Waals surface area contributed by atoms with Gasteiger partial charge in [0.15, 0.2) is 0 Å². The van der Waals surface area contributed by atoms with E-state index in [1.54, 1.807) is 6.07 Å². The van der Waals surface area contributed by atoms with Crippen molar-refractivity contribution in [2.45, 2.75) is 13.0 Å². The Balaban J connectivity index is 2.52. The van der Waals surface area contributed by atoms with E-state index < -0.39 is 0 Å². The number of hydrogen-bond donors (Lipinski definition) is 1. The first-order valence-corrected chi connectivity index (χ1v) is 6.44. The molecule has 0 saturated heterocycles. The van der Waals surface area contributed by atoms with E-state index in [0.29, 0.717) is 0 Å². The molecule has 2 rings (SSSR count). The fourth-order valence-corrected chi connectivity index (χ4v) is 2.73. The Bertz CT molecular complexity index is 546. The van der Waals surface area contributed by atoms with E-state index in [2.05, 4.69) is 26.3 Å². The Morgan fingerprint density at radius 2 is 2.17 bits per heavy atom. The van der Waals surface area contributed by atoms with Crippen LogP contribution < -0.4 is 5.32 Å². The Labute approximate surface area is 114 Å². The highest BCUT2D eigenvalue weighted by Crippen LogP contribution is 2.30. The van der Waals surface area contributed by atoms with Crippen molar-refractivity contribution >= 4 is 15.9 Å². The van der Waals surface area contributed by atoms with Crippen LogP contribution in [0.5, 0.6) is 0 Å². The molecular weight excluding hydrogens is 297 g/mol. The Kier molecular flexibility index (Phi) is 3.82. The fraction of sp³-hybridized carbons (Fsp3) is 0.308. The minimum atomic E-state index is -0.248. The SMILES string of the molecule is CNC(c1ccc(F)cc1Br)c1c(C)cnn1C. The van der Waals surface area contributed by atoms with Crippen molar-refractivity contribution in [3.8, 4) is 0 Å². The number of benzene rings is 1. The van der Waals surface area contributed by atoms with Gasteiger partial charge in [0.2, 0.25) is 0 Å². The number of hydrogen-bond acceptors (Lipinski definition) is 2. The molecule has 1 atom stereocenters. The molecule has 18 heavy (non-hydrogen) atoms. The number of halogens is 2. The Hall–Kier alpha value is -1.20. The molecule has 0 aliphatic heterocycles. The molecule has 3 nitrogen and oxygen atoms in total. The molecule has 0 saturated carbocycles. The largest absolute Gasteiger partial charge is 0.308 e. The van der Waals surface area contributed by atoms with Crippen molar-refractivity contribution < 1.29 is 4.39 Å². The van der Waals surface area contributed by atoms with Gasteiger partial charge < -0.3 is 5.32 Å². The van der Waals surface area contributed by atoms with Gasteiger partial charge in [0.1, 0.15) is 5.82 Å². The molecule has 5 heteroatoms. The third-order valence-corrected chi connectivity index (χ3v) is 3.70. The number of aryl methyl sites for hydroxylation is 2. The molecule has 0 aliphatic carbocycles. The van der Waals surface area contributed by atoms with Crippen LogP contribution in [-0.2, 0) is 7.05 Å². The molecule has 1 unspecified atom stereocenters. The molecule has 1 aromatic heterocycles. The maximum atomic E-state index is 13.1. The number of nitrogens with zero attached hydrogens (tertiary/aromatic N) is 2. The van der Waals surface area contributed by atoms with Crippen LogP contribution in [0.3, 0.4) is 0 Å². The van der Waals surface area contributed by atoms with Gasteiger partial charge in [-0.25, -0.2) is 4.39 Å². The lowest BCUT2D eigenvalue weighted by Crippen LogP contribution is -2.22.